The van der Waals surface area contributed by atoms with Crippen molar-refractivity contribution in [1.82, 2.24) is 9.97 Å². The number of anilines is 1. The number of hydrogen-bond donors (Lipinski definition) is 2. The van der Waals surface area contributed by atoms with Crippen LogP contribution in [0.3, 0.4) is 0 Å². The molecule has 0 fully saturated rings. The zero-order valence-corrected chi connectivity index (χ0v) is 11.3. The van der Waals surface area contributed by atoms with Gasteiger partial charge in [0.05, 0.1) is 5.56 Å². The first-order chi connectivity index (χ1) is 9.83. The molecule has 1 aliphatic carbocycles. The van der Waals surface area contributed by atoms with Crippen molar-refractivity contribution >= 4 is 5.82 Å². The van der Waals surface area contributed by atoms with Gasteiger partial charge in [0.1, 0.15) is 11.6 Å². The van der Waals surface area contributed by atoms with E-state index in [1.165, 1.54) is 11.1 Å². The maximum Gasteiger partial charge on any atom is 0.256 e. The number of H-pyrrole nitrogens is 1. The Balaban J connectivity index is 1.81. The zero-order chi connectivity index (χ0) is 13.5. The van der Waals surface area contributed by atoms with E-state index in [-0.39, 0.29) is 11.5 Å². The Hall–Kier alpha value is -2.10. The van der Waals surface area contributed by atoms with Gasteiger partial charge in [0.25, 0.3) is 5.56 Å². The number of aryl methyl sites for hydroxylation is 1. The van der Waals surface area contributed by atoms with Crippen molar-refractivity contribution in [2.24, 2.45) is 0 Å². The number of benzene rings is 1. The van der Waals surface area contributed by atoms with Crippen molar-refractivity contribution in [3.63, 3.8) is 0 Å². The molecule has 1 aliphatic heterocycles. The van der Waals surface area contributed by atoms with Crippen LogP contribution in [0.1, 0.15) is 41.3 Å². The van der Waals surface area contributed by atoms with E-state index in [0.717, 1.165) is 49.4 Å². The molecule has 0 bridgehead atoms. The van der Waals surface area contributed by atoms with Crippen LogP contribution in [0.25, 0.3) is 0 Å². The van der Waals surface area contributed by atoms with Crippen LogP contribution in [0.15, 0.2) is 29.1 Å². The molecule has 4 rings (SSSR count). The molecule has 1 unspecified atom stereocenters. The smallest absolute Gasteiger partial charge is 0.256 e. The third-order valence-corrected chi connectivity index (χ3v) is 4.39. The topological polar surface area (TPSA) is 57.8 Å². The molecule has 0 amide bonds. The van der Waals surface area contributed by atoms with E-state index < -0.39 is 0 Å². The largest absolute Gasteiger partial charge is 0.370 e. The molecule has 2 N–H and O–H groups in total. The van der Waals surface area contributed by atoms with Gasteiger partial charge in [0, 0.05) is 12.5 Å². The van der Waals surface area contributed by atoms with E-state index in [9.17, 15) is 4.79 Å². The van der Waals surface area contributed by atoms with E-state index in [1.54, 1.807) is 0 Å². The molecule has 4 nitrogen and oxygen atoms in total. The number of rotatable bonds is 1. The van der Waals surface area contributed by atoms with Gasteiger partial charge in [-0.2, -0.15) is 0 Å². The van der Waals surface area contributed by atoms with Gasteiger partial charge in [0.15, 0.2) is 0 Å². The van der Waals surface area contributed by atoms with Gasteiger partial charge in [-0.3, -0.25) is 4.79 Å². The minimum Gasteiger partial charge on any atom is -0.370 e. The van der Waals surface area contributed by atoms with Crippen molar-refractivity contribution < 1.29 is 0 Å². The number of hydrogen-bond acceptors (Lipinski definition) is 3. The molecule has 20 heavy (non-hydrogen) atoms. The monoisotopic (exact) mass is 267 g/mol. The Morgan fingerprint density at radius 2 is 2.10 bits per heavy atom. The minimum absolute atomic E-state index is 0.0292. The van der Waals surface area contributed by atoms with Gasteiger partial charge in [-0.05, 0) is 36.8 Å². The second-order valence-electron chi connectivity index (χ2n) is 5.60. The molecule has 0 saturated carbocycles. The van der Waals surface area contributed by atoms with Gasteiger partial charge in [-0.15, -0.1) is 0 Å². The van der Waals surface area contributed by atoms with Gasteiger partial charge in [0.2, 0.25) is 0 Å². The summed E-state index contributed by atoms with van der Waals surface area (Å²) >= 11 is 0. The van der Waals surface area contributed by atoms with Crippen LogP contribution in [0.5, 0.6) is 0 Å². The van der Waals surface area contributed by atoms with E-state index in [2.05, 4.69) is 39.6 Å². The molecular formula is C16H17N3O. The van der Waals surface area contributed by atoms with Crippen molar-refractivity contribution in [2.75, 3.05) is 11.9 Å². The first-order valence-corrected chi connectivity index (χ1v) is 7.27. The molecule has 2 heterocycles. The Kier molecular flexibility index (Phi) is 2.62. The van der Waals surface area contributed by atoms with Crippen LogP contribution in [0.4, 0.5) is 5.82 Å². The van der Waals surface area contributed by atoms with Crippen molar-refractivity contribution in [1.29, 1.82) is 0 Å². The summed E-state index contributed by atoms with van der Waals surface area (Å²) in [6.45, 7) is 0.907. The average Bonchev–Trinajstić information content (AvgIpc) is 2.91. The third-order valence-electron chi connectivity index (χ3n) is 4.39. The summed E-state index contributed by atoms with van der Waals surface area (Å²) < 4.78 is 0. The normalized spacial score (nSPS) is 20.1. The fraction of sp³-hybridized carbons (Fsp3) is 0.375. The Morgan fingerprint density at radius 1 is 1.20 bits per heavy atom. The highest BCUT2D eigenvalue weighted by molar-refractivity contribution is 5.47. The van der Waals surface area contributed by atoms with Crippen molar-refractivity contribution in [3.05, 3.63) is 57.1 Å². The Labute approximate surface area is 117 Å². The lowest BCUT2D eigenvalue weighted by atomic mass is 10.00. The third kappa shape index (κ3) is 1.75. The van der Waals surface area contributed by atoms with Crippen LogP contribution in [0.2, 0.25) is 0 Å². The fourth-order valence-electron chi connectivity index (χ4n) is 3.37. The molecule has 0 saturated heterocycles. The molecule has 2 aliphatic rings. The number of nitrogens with one attached hydrogen (secondary N) is 2. The van der Waals surface area contributed by atoms with Gasteiger partial charge >= 0.3 is 0 Å². The van der Waals surface area contributed by atoms with E-state index in [4.69, 9.17) is 0 Å². The molecule has 0 spiro atoms. The standard InChI is InChI=1S/C16H17N3O/c20-16-13-6-3-9-17-14(13)18-15(19-16)12-8-7-10-4-1-2-5-11(10)12/h1-2,4-5,12H,3,6-9H2,(H2,17,18,19,20). The van der Waals surface area contributed by atoms with Crippen molar-refractivity contribution in [2.45, 2.75) is 31.6 Å². The predicted octanol–water partition coefficient (Wildman–Crippen LogP) is 2.21. The first kappa shape index (κ1) is 11.7. The van der Waals surface area contributed by atoms with E-state index in [0.29, 0.717) is 0 Å². The maximum atomic E-state index is 12.2. The summed E-state index contributed by atoms with van der Waals surface area (Å²) in [4.78, 5) is 19.9. The van der Waals surface area contributed by atoms with Gasteiger partial charge in [-0.25, -0.2) is 4.98 Å². The Bertz CT molecular complexity index is 720. The second-order valence-corrected chi connectivity index (χ2v) is 5.60. The summed E-state index contributed by atoms with van der Waals surface area (Å²) in [6, 6.07) is 8.46. The lowest BCUT2D eigenvalue weighted by molar-refractivity contribution is 0.706. The van der Waals surface area contributed by atoms with E-state index >= 15 is 0 Å². The van der Waals surface area contributed by atoms with E-state index in [1.807, 2.05) is 0 Å². The molecule has 2 aromatic rings. The lowest BCUT2D eigenvalue weighted by Gasteiger charge is -2.18. The summed E-state index contributed by atoms with van der Waals surface area (Å²) in [5, 5.41) is 3.26. The second kappa shape index (κ2) is 4.47. The van der Waals surface area contributed by atoms with Crippen LogP contribution in [-0.2, 0) is 12.8 Å². The molecule has 1 atom stereocenters. The van der Waals surface area contributed by atoms with Gasteiger partial charge in [-0.1, -0.05) is 24.3 Å². The summed E-state index contributed by atoms with van der Waals surface area (Å²) in [5.41, 5.74) is 3.53. The highest BCUT2D eigenvalue weighted by atomic mass is 16.1. The summed E-state index contributed by atoms with van der Waals surface area (Å²) in [7, 11) is 0. The molecule has 102 valence electrons. The Morgan fingerprint density at radius 3 is 3.05 bits per heavy atom. The predicted molar refractivity (Wildman–Crippen MR) is 78.3 cm³/mol. The van der Waals surface area contributed by atoms with Crippen LogP contribution in [0, 0.1) is 0 Å². The quantitative estimate of drug-likeness (QED) is 0.833. The number of fused-ring (bicyclic) bond motifs is 2. The minimum atomic E-state index is 0.0292. The molecule has 1 aromatic carbocycles. The summed E-state index contributed by atoms with van der Waals surface area (Å²) in [6.07, 6.45) is 3.92. The number of aromatic nitrogens is 2. The van der Waals surface area contributed by atoms with Crippen LogP contribution < -0.4 is 10.9 Å². The number of nitrogens with zero attached hydrogens (tertiary/aromatic N) is 1. The zero-order valence-electron chi connectivity index (χ0n) is 11.3. The summed E-state index contributed by atoms with van der Waals surface area (Å²) in [5.74, 6) is 1.83. The molecule has 1 aromatic heterocycles. The molecule has 4 heteroatoms. The first-order valence-electron chi connectivity index (χ1n) is 7.27. The highest BCUT2D eigenvalue weighted by Crippen LogP contribution is 2.36. The highest BCUT2D eigenvalue weighted by Gasteiger charge is 2.27. The SMILES string of the molecule is O=c1[nH]c(C2CCc3ccccc32)nc2c1CCCN2. The number of aromatic amines is 1. The lowest BCUT2D eigenvalue weighted by Crippen LogP contribution is -2.25. The molecule has 0 radical (unpaired) electrons. The molecular weight excluding hydrogens is 250 g/mol. The van der Waals surface area contributed by atoms with Crippen LogP contribution in [-0.4, -0.2) is 16.5 Å². The fourth-order valence-corrected chi connectivity index (χ4v) is 3.37. The maximum absolute atomic E-state index is 12.2. The average molecular weight is 267 g/mol. The van der Waals surface area contributed by atoms with Crippen LogP contribution >= 0.6 is 0 Å². The van der Waals surface area contributed by atoms with Gasteiger partial charge < -0.3 is 10.3 Å². The van der Waals surface area contributed by atoms with Crippen molar-refractivity contribution in [3.8, 4) is 0 Å².